The molecule has 0 heterocycles. The Labute approximate surface area is 99.8 Å². The highest BCUT2D eigenvalue weighted by Gasteiger charge is 2.26. The minimum Gasteiger partial charge on any atom is -0.389 e. The maximum absolute atomic E-state index is 9.64. The molecule has 3 N–H and O–H groups in total. The van der Waals surface area contributed by atoms with Crippen LogP contribution < -0.4 is 5.73 Å². The van der Waals surface area contributed by atoms with Gasteiger partial charge in [0.25, 0.3) is 0 Å². The number of aliphatic hydroxyl groups is 1. The van der Waals surface area contributed by atoms with Gasteiger partial charge in [-0.25, -0.2) is 0 Å². The van der Waals surface area contributed by atoms with Crippen LogP contribution >= 0.6 is 0 Å². The van der Waals surface area contributed by atoms with Crippen LogP contribution in [0.1, 0.15) is 26.7 Å². The van der Waals surface area contributed by atoms with E-state index >= 15 is 0 Å². The molecule has 1 unspecified atom stereocenters. The summed E-state index contributed by atoms with van der Waals surface area (Å²) in [6.07, 6.45) is 1.73. The van der Waals surface area contributed by atoms with E-state index in [2.05, 4.69) is 18.7 Å². The number of hydrogen-bond donors (Lipinski definition) is 2. The van der Waals surface area contributed by atoms with E-state index in [0.29, 0.717) is 19.7 Å². The van der Waals surface area contributed by atoms with Crippen molar-refractivity contribution in [3.63, 3.8) is 0 Å². The smallest absolute Gasteiger partial charge is 0.0899 e. The Kier molecular flexibility index (Phi) is 7.93. The first-order chi connectivity index (χ1) is 7.53. The van der Waals surface area contributed by atoms with Gasteiger partial charge in [-0.05, 0) is 31.8 Å². The Bertz CT molecular complexity index is 164. The van der Waals surface area contributed by atoms with Crippen LogP contribution in [0.15, 0.2) is 0 Å². The normalized spacial score (nSPS) is 14.4. The Hall–Kier alpha value is -0.160. The van der Waals surface area contributed by atoms with E-state index in [-0.39, 0.29) is 5.41 Å². The number of rotatable bonds is 9. The molecule has 0 amide bonds. The van der Waals surface area contributed by atoms with E-state index in [1.807, 2.05) is 7.05 Å². The second kappa shape index (κ2) is 8.01. The van der Waals surface area contributed by atoms with Crippen molar-refractivity contribution in [1.82, 2.24) is 4.90 Å². The van der Waals surface area contributed by atoms with Crippen LogP contribution in [0, 0.1) is 5.41 Å². The van der Waals surface area contributed by atoms with Crippen molar-refractivity contribution >= 4 is 0 Å². The summed E-state index contributed by atoms with van der Waals surface area (Å²) < 4.78 is 4.91. The number of nitrogens with zero attached hydrogens (tertiary/aromatic N) is 1. The summed E-state index contributed by atoms with van der Waals surface area (Å²) in [7, 11) is 3.63. The van der Waals surface area contributed by atoms with E-state index in [4.69, 9.17) is 10.5 Å². The van der Waals surface area contributed by atoms with Crippen molar-refractivity contribution < 1.29 is 9.84 Å². The SMILES string of the molecule is CCC(CC)(CN)CN(C)CC(O)COC. The van der Waals surface area contributed by atoms with Crippen molar-refractivity contribution in [3.05, 3.63) is 0 Å². The van der Waals surface area contributed by atoms with Crippen molar-refractivity contribution in [3.8, 4) is 0 Å². The zero-order valence-corrected chi connectivity index (χ0v) is 11.2. The number of methoxy groups -OCH3 is 1. The molecule has 0 aliphatic carbocycles. The third-order valence-corrected chi connectivity index (χ3v) is 3.42. The summed E-state index contributed by atoms with van der Waals surface area (Å²) in [4.78, 5) is 2.14. The highest BCUT2D eigenvalue weighted by molar-refractivity contribution is 4.81. The van der Waals surface area contributed by atoms with E-state index < -0.39 is 6.10 Å². The van der Waals surface area contributed by atoms with Crippen molar-refractivity contribution in [2.75, 3.05) is 40.4 Å². The highest BCUT2D eigenvalue weighted by Crippen LogP contribution is 2.25. The van der Waals surface area contributed by atoms with Crippen molar-refractivity contribution in [2.45, 2.75) is 32.8 Å². The van der Waals surface area contributed by atoms with E-state index in [1.54, 1.807) is 7.11 Å². The quantitative estimate of drug-likeness (QED) is 0.614. The lowest BCUT2D eigenvalue weighted by molar-refractivity contribution is 0.0329. The fraction of sp³-hybridized carbons (Fsp3) is 1.00. The Balaban J connectivity index is 4.14. The Morgan fingerprint density at radius 1 is 1.38 bits per heavy atom. The number of ether oxygens (including phenoxy) is 1. The fourth-order valence-electron chi connectivity index (χ4n) is 2.07. The zero-order chi connectivity index (χ0) is 12.6. The fourth-order valence-corrected chi connectivity index (χ4v) is 2.07. The van der Waals surface area contributed by atoms with Gasteiger partial charge in [-0.3, -0.25) is 0 Å². The van der Waals surface area contributed by atoms with Crippen LogP contribution in [0.4, 0.5) is 0 Å². The lowest BCUT2D eigenvalue weighted by atomic mass is 9.82. The van der Waals surface area contributed by atoms with Crippen LogP contribution in [0.25, 0.3) is 0 Å². The van der Waals surface area contributed by atoms with Gasteiger partial charge in [0.15, 0.2) is 0 Å². The molecule has 0 saturated heterocycles. The summed E-state index contributed by atoms with van der Waals surface area (Å²) in [5.74, 6) is 0. The lowest BCUT2D eigenvalue weighted by Gasteiger charge is -2.35. The third kappa shape index (κ3) is 5.25. The molecule has 0 aliphatic rings. The average Bonchev–Trinajstić information content (AvgIpc) is 2.26. The highest BCUT2D eigenvalue weighted by atomic mass is 16.5. The molecule has 0 radical (unpaired) electrons. The van der Waals surface area contributed by atoms with Gasteiger partial charge in [0.05, 0.1) is 12.7 Å². The molecule has 0 spiro atoms. The molecule has 0 saturated carbocycles. The van der Waals surface area contributed by atoms with Crippen molar-refractivity contribution in [2.24, 2.45) is 11.1 Å². The molecule has 0 rings (SSSR count). The predicted octanol–water partition coefficient (Wildman–Crippen LogP) is 0.691. The minimum atomic E-state index is -0.417. The molecule has 16 heavy (non-hydrogen) atoms. The van der Waals surface area contributed by atoms with Crippen LogP contribution in [-0.2, 0) is 4.74 Å². The Morgan fingerprint density at radius 2 is 1.94 bits per heavy atom. The van der Waals surface area contributed by atoms with Gasteiger partial charge in [-0.2, -0.15) is 0 Å². The Morgan fingerprint density at radius 3 is 2.31 bits per heavy atom. The van der Waals surface area contributed by atoms with Gasteiger partial charge >= 0.3 is 0 Å². The number of aliphatic hydroxyl groups excluding tert-OH is 1. The largest absolute Gasteiger partial charge is 0.389 e. The van der Waals surface area contributed by atoms with E-state index in [9.17, 15) is 5.11 Å². The zero-order valence-electron chi connectivity index (χ0n) is 11.2. The molecule has 98 valence electrons. The van der Waals surface area contributed by atoms with Crippen molar-refractivity contribution in [1.29, 1.82) is 0 Å². The predicted molar refractivity (Wildman–Crippen MR) is 67.4 cm³/mol. The molecule has 0 fully saturated rings. The third-order valence-electron chi connectivity index (χ3n) is 3.42. The molecular weight excluding hydrogens is 204 g/mol. The standard InChI is InChI=1S/C12H28N2O2/c1-5-12(6-2,9-13)10-14(3)7-11(15)8-16-4/h11,15H,5-10,13H2,1-4H3. The number of nitrogens with two attached hydrogens (primary N) is 1. The average molecular weight is 232 g/mol. The van der Waals surface area contributed by atoms with E-state index in [1.165, 1.54) is 0 Å². The summed E-state index contributed by atoms with van der Waals surface area (Å²) in [6, 6.07) is 0. The lowest BCUT2D eigenvalue weighted by Crippen LogP contribution is -2.43. The maximum Gasteiger partial charge on any atom is 0.0899 e. The van der Waals surface area contributed by atoms with Gasteiger partial charge in [0, 0.05) is 20.2 Å². The monoisotopic (exact) mass is 232 g/mol. The molecular formula is C12H28N2O2. The van der Waals surface area contributed by atoms with Crippen LogP contribution in [0.3, 0.4) is 0 Å². The van der Waals surface area contributed by atoms with Gasteiger partial charge < -0.3 is 20.5 Å². The molecule has 0 aromatic rings. The summed E-state index contributed by atoms with van der Waals surface area (Å²) in [5.41, 5.74) is 6.03. The second-order valence-electron chi connectivity index (χ2n) is 4.72. The van der Waals surface area contributed by atoms with E-state index in [0.717, 1.165) is 19.4 Å². The number of hydrogen-bond acceptors (Lipinski definition) is 4. The minimum absolute atomic E-state index is 0.182. The van der Waals surface area contributed by atoms with Gasteiger partial charge in [0.2, 0.25) is 0 Å². The molecule has 1 atom stereocenters. The van der Waals surface area contributed by atoms with Crippen LogP contribution in [0.2, 0.25) is 0 Å². The van der Waals surface area contributed by atoms with Gasteiger partial charge in [-0.15, -0.1) is 0 Å². The summed E-state index contributed by atoms with van der Waals surface area (Å²) >= 11 is 0. The molecule has 0 aliphatic heterocycles. The first-order valence-electron chi connectivity index (χ1n) is 6.09. The molecule has 4 nitrogen and oxygen atoms in total. The molecule has 0 aromatic carbocycles. The van der Waals surface area contributed by atoms with Crippen LogP contribution in [-0.4, -0.2) is 56.5 Å². The molecule has 0 aromatic heterocycles. The first-order valence-corrected chi connectivity index (χ1v) is 6.09. The number of likely N-dealkylation sites (N-methyl/N-ethyl adjacent to an activating group) is 1. The van der Waals surface area contributed by atoms with Gasteiger partial charge in [0.1, 0.15) is 0 Å². The second-order valence-corrected chi connectivity index (χ2v) is 4.72. The summed E-state index contributed by atoms with van der Waals surface area (Å²) in [5, 5.41) is 9.64. The topological polar surface area (TPSA) is 58.7 Å². The van der Waals surface area contributed by atoms with Gasteiger partial charge in [-0.1, -0.05) is 13.8 Å². The molecule has 4 heteroatoms. The maximum atomic E-state index is 9.64. The first kappa shape index (κ1) is 15.8. The molecule has 0 bridgehead atoms. The van der Waals surface area contributed by atoms with Crippen LogP contribution in [0.5, 0.6) is 0 Å². The summed E-state index contributed by atoms with van der Waals surface area (Å²) in [6.45, 7) is 7.00.